The number of hydrogen-bond acceptors (Lipinski definition) is 2. The van der Waals surface area contributed by atoms with Crippen LogP contribution in [0.25, 0.3) is 0 Å². The average molecular weight is 344 g/mol. The van der Waals surface area contributed by atoms with Gasteiger partial charge in [-0.05, 0) is 41.7 Å². The number of hydrogen-bond donors (Lipinski definition) is 2. The highest BCUT2D eigenvalue weighted by atomic mass is 19.1. The predicted molar refractivity (Wildman–Crippen MR) is 88.5 cm³/mol. The van der Waals surface area contributed by atoms with Crippen molar-refractivity contribution in [3.8, 4) is 0 Å². The number of carbonyl (C=O) groups excluding carboxylic acids is 2. The van der Waals surface area contributed by atoms with Crippen molar-refractivity contribution < 1.29 is 18.4 Å². The van der Waals surface area contributed by atoms with Crippen molar-refractivity contribution in [1.29, 1.82) is 0 Å². The molecule has 3 rings (SSSR count). The first-order chi connectivity index (χ1) is 12.0. The molecule has 0 heterocycles. The Balaban J connectivity index is 1.44. The molecule has 1 aliphatic rings. The van der Waals surface area contributed by atoms with Gasteiger partial charge in [-0.3, -0.25) is 9.59 Å². The highest BCUT2D eigenvalue weighted by Crippen LogP contribution is 2.48. The molecule has 0 unspecified atom stereocenters. The number of rotatable bonds is 6. The molecule has 0 aliphatic heterocycles. The molecule has 2 aromatic rings. The topological polar surface area (TPSA) is 58.2 Å². The Morgan fingerprint density at radius 1 is 1.04 bits per heavy atom. The maximum absolute atomic E-state index is 13.7. The van der Waals surface area contributed by atoms with Crippen LogP contribution >= 0.6 is 0 Å². The lowest BCUT2D eigenvalue weighted by Gasteiger charge is -2.07. The molecule has 1 saturated carbocycles. The highest BCUT2D eigenvalue weighted by molar-refractivity contribution is 5.87. The minimum absolute atomic E-state index is 0.138. The standard InChI is InChI=1S/C19H18F2N2O2/c20-13-6-7-17(21)15(8-13)14-9-16(14)19(25)23-11-18(24)22-10-12-4-2-1-3-5-12/h1-8,14,16H,9-11H2,(H,22,24)(H,23,25)/t14-,16+/m1/s1. The smallest absolute Gasteiger partial charge is 0.239 e. The summed E-state index contributed by atoms with van der Waals surface area (Å²) in [5.41, 5.74) is 1.18. The summed E-state index contributed by atoms with van der Waals surface area (Å²) in [5.74, 6) is -2.40. The molecule has 1 aliphatic carbocycles. The van der Waals surface area contributed by atoms with Gasteiger partial charge < -0.3 is 10.6 Å². The van der Waals surface area contributed by atoms with Crippen LogP contribution in [0.15, 0.2) is 48.5 Å². The van der Waals surface area contributed by atoms with Crippen LogP contribution in [-0.2, 0) is 16.1 Å². The molecular weight excluding hydrogens is 326 g/mol. The van der Waals surface area contributed by atoms with Crippen LogP contribution in [-0.4, -0.2) is 18.4 Å². The summed E-state index contributed by atoms with van der Waals surface area (Å²) in [4.78, 5) is 23.8. The first-order valence-electron chi connectivity index (χ1n) is 8.08. The van der Waals surface area contributed by atoms with Gasteiger partial charge in [-0.1, -0.05) is 30.3 Å². The van der Waals surface area contributed by atoms with E-state index in [0.717, 1.165) is 23.8 Å². The average Bonchev–Trinajstić information content (AvgIpc) is 3.41. The van der Waals surface area contributed by atoms with Gasteiger partial charge in [0.25, 0.3) is 0 Å². The van der Waals surface area contributed by atoms with Crippen LogP contribution in [0.4, 0.5) is 8.78 Å². The Morgan fingerprint density at radius 3 is 2.56 bits per heavy atom. The monoisotopic (exact) mass is 344 g/mol. The van der Waals surface area contributed by atoms with E-state index >= 15 is 0 Å². The van der Waals surface area contributed by atoms with Crippen molar-refractivity contribution in [1.82, 2.24) is 10.6 Å². The van der Waals surface area contributed by atoms with Gasteiger partial charge in [0.1, 0.15) is 11.6 Å². The summed E-state index contributed by atoms with van der Waals surface area (Å²) in [6.07, 6.45) is 0.456. The van der Waals surface area contributed by atoms with Crippen LogP contribution in [0, 0.1) is 17.6 Å². The molecule has 130 valence electrons. The number of nitrogens with one attached hydrogen (secondary N) is 2. The summed E-state index contributed by atoms with van der Waals surface area (Å²) in [6, 6.07) is 12.7. The second kappa shape index (κ2) is 7.42. The summed E-state index contributed by atoms with van der Waals surface area (Å²) < 4.78 is 26.9. The Bertz CT molecular complexity index is 780. The summed E-state index contributed by atoms with van der Waals surface area (Å²) in [6.45, 7) is 0.247. The zero-order valence-corrected chi connectivity index (χ0v) is 13.5. The molecule has 2 atom stereocenters. The molecule has 2 N–H and O–H groups in total. The van der Waals surface area contributed by atoms with E-state index in [1.807, 2.05) is 30.3 Å². The van der Waals surface area contributed by atoms with Crippen molar-refractivity contribution >= 4 is 11.8 Å². The van der Waals surface area contributed by atoms with Gasteiger partial charge in [-0.25, -0.2) is 8.78 Å². The normalized spacial score (nSPS) is 18.5. The van der Waals surface area contributed by atoms with Crippen LogP contribution in [0.5, 0.6) is 0 Å². The zero-order valence-electron chi connectivity index (χ0n) is 13.5. The van der Waals surface area contributed by atoms with Crippen molar-refractivity contribution in [2.75, 3.05) is 6.54 Å². The molecule has 0 radical (unpaired) electrons. The zero-order chi connectivity index (χ0) is 17.8. The predicted octanol–water partition coefficient (Wildman–Crippen LogP) is 2.50. The Kier molecular flexibility index (Phi) is 5.07. The third kappa shape index (κ3) is 4.41. The molecule has 6 heteroatoms. The van der Waals surface area contributed by atoms with Crippen LogP contribution in [0.3, 0.4) is 0 Å². The molecule has 2 aromatic carbocycles. The lowest BCUT2D eigenvalue weighted by Crippen LogP contribution is -2.37. The van der Waals surface area contributed by atoms with Crippen molar-refractivity contribution in [2.45, 2.75) is 18.9 Å². The van der Waals surface area contributed by atoms with Crippen LogP contribution in [0.1, 0.15) is 23.5 Å². The quantitative estimate of drug-likeness (QED) is 0.846. The lowest BCUT2D eigenvalue weighted by atomic mass is 10.1. The molecule has 0 aromatic heterocycles. The van der Waals surface area contributed by atoms with E-state index in [-0.39, 0.29) is 29.8 Å². The van der Waals surface area contributed by atoms with Crippen LogP contribution in [0.2, 0.25) is 0 Å². The molecule has 0 bridgehead atoms. The van der Waals surface area contributed by atoms with Gasteiger partial charge in [-0.2, -0.15) is 0 Å². The number of amides is 2. The maximum Gasteiger partial charge on any atom is 0.239 e. The summed E-state index contributed by atoms with van der Waals surface area (Å²) >= 11 is 0. The van der Waals surface area contributed by atoms with Crippen molar-refractivity contribution in [2.24, 2.45) is 5.92 Å². The summed E-state index contributed by atoms with van der Waals surface area (Å²) in [7, 11) is 0. The van der Waals surface area contributed by atoms with E-state index in [0.29, 0.717) is 13.0 Å². The Labute approximate surface area is 144 Å². The first kappa shape index (κ1) is 17.1. The molecule has 4 nitrogen and oxygen atoms in total. The van der Waals surface area contributed by atoms with Gasteiger partial charge in [0.05, 0.1) is 6.54 Å². The third-order valence-corrected chi connectivity index (χ3v) is 4.24. The van der Waals surface area contributed by atoms with Crippen molar-refractivity contribution in [3.05, 3.63) is 71.3 Å². The molecule has 25 heavy (non-hydrogen) atoms. The number of halogens is 2. The molecule has 0 spiro atoms. The van der Waals surface area contributed by atoms with Gasteiger partial charge >= 0.3 is 0 Å². The van der Waals surface area contributed by atoms with E-state index in [1.54, 1.807) is 0 Å². The Morgan fingerprint density at radius 2 is 1.80 bits per heavy atom. The van der Waals surface area contributed by atoms with Gasteiger partial charge in [-0.15, -0.1) is 0 Å². The molecule has 2 amide bonds. The van der Waals surface area contributed by atoms with E-state index in [1.165, 1.54) is 0 Å². The molecule has 0 saturated heterocycles. The minimum Gasteiger partial charge on any atom is -0.350 e. The fourth-order valence-corrected chi connectivity index (χ4v) is 2.78. The fraction of sp³-hybridized carbons (Fsp3) is 0.263. The SMILES string of the molecule is O=C(CNC(=O)[C@H]1C[C@@H]1c1cc(F)ccc1F)NCc1ccccc1. The van der Waals surface area contributed by atoms with E-state index in [2.05, 4.69) is 10.6 Å². The summed E-state index contributed by atoms with van der Waals surface area (Å²) in [5, 5.41) is 5.26. The second-order valence-electron chi connectivity index (χ2n) is 6.09. The second-order valence-corrected chi connectivity index (χ2v) is 6.09. The van der Waals surface area contributed by atoms with Crippen molar-refractivity contribution in [3.63, 3.8) is 0 Å². The largest absolute Gasteiger partial charge is 0.350 e. The minimum atomic E-state index is -0.525. The lowest BCUT2D eigenvalue weighted by molar-refractivity contribution is -0.126. The van der Waals surface area contributed by atoms with Crippen LogP contribution < -0.4 is 10.6 Å². The fourth-order valence-electron chi connectivity index (χ4n) is 2.78. The number of carbonyl (C=O) groups is 2. The highest BCUT2D eigenvalue weighted by Gasteiger charge is 2.45. The van der Waals surface area contributed by atoms with E-state index in [4.69, 9.17) is 0 Å². The number of benzene rings is 2. The Hall–Kier alpha value is -2.76. The van der Waals surface area contributed by atoms with E-state index < -0.39 is 17.6 Å². The molecular formula is C19H18F2N2O2. The van der Waals surface area contributed by atoms with E-state index in [9.17, 15) is 18.4 Å². The molecule has 1 fully saturated rings. The third-order valence-electron chi connectivity index (χ3n) is 4.24. The maximum atomic E-state index is 13.7. The van der Waals surface area contributed by atoms with Gasteiger partial charge in [0, 0.05) is 12.5 Å². The first-order valence-corrected chi connectivity index (χ1v) is 8.08. The van der Waals surface area contributed by atoms with Gasteiger partial charge in [0.15, 0.2) is 0 Å². The van der Waals surface area contributed by atoms with Gasteiger partial charge in [0.2, 0.25) is 11.8 Å².